The second kappa shape index (κ2) is 14.6. The van der Waals surface area contributed by atoms with Crippen molar-refractivity contribution in [2.24, 2.45) is 0 Å². The molecule has 15 heteroatoms. The summed E-state index contributed by atoms with van der Waals surface area (Å²) in [6.45, 7) is 13.1. The first-order chi connectivity index (χ1) is 19.9. The number of allylic oxidation sites excluding steroid dienone is 2. The van der Waals surface area contributed by atoms with E-state index in [2.05, 4.69) is 9.74 Å². The van der Waals surface area contributed by atoms with Gasteiger partial charge in [0, 0.05) is 35.7 Å². The van der Waals surface area contributed by atoms with E-state index in [9.17, 15) is 25.9 Å². The Morgan fingerprint density at radius 3 is 2.23 bits per heavy atom. The first-order valence-corrected chi connectivity index (χ1v) is 16.9. The average Bonchev–Trinajstić information content (AvgIpc) is 3.37. The van der Waals surface area contributed by atoms with Crippen molar-refractivity contribution in [1.82, 2.24) is 4.57 Å². The molecule has 1 aliphatic rings. The van der Waals surface area contributed by atoms with Gasteiger partial charge in [-0.3, -0.25) is 0 Å². The van der Waals surface area contributed by atoms with Crippen LogP contribution < -0.4 is 43.9 Å². The maximum atomic E-state index is 11.3. The summed E-state index contributed by atoms with van der Waals surface area (Å²) >= 11 is 6.29. The molecule has 0 bridgehead atoms. The van der Waals surface area contributed by atoms with Crippen LogP contribution in [0.4, 0.5) is 17.1 Å². The van der Waals surface area contributed by atoms with Crippen molar-refractivity contribution in [2.75, 3.05) is 34.4 Å². The third-order valence-corrected chi connectivity index (χ3v) is 8.78. The van der Waals surface area contributed by atoms with E-state index in [0.29, 0.717) is 23.8 Å². The maximum absolute atomic E-state index is 11.3. The molecule has 4 rings (SSSR count). The minimum Gasteiger partial charge on any atom is -0.748 e. The number of aryl methyl sites for hydroxylation is 2. The van der Waals surface area contributed by atoms with Gasteiger partial charge in [0.15, 0.2) is 16.7 Å². The van der Waals surface area contributed by atoms with Crippen LogP contribution in [-0.2, 0) is 33.3 Å². The predicted molar refractivity (Wildman–Crippen MR) is 161 cm³/mol. The Morgan fingerprint density at radius 2 is 1.63 bits per heavy atom. The van der Waals surface area contributed by atoms with Crippen LogP contribution in [0.15, 0.2) is 54.4 Å². The quantitative estimate of drug-likeness (QED) is 0.123. The second-order valence-electron chi connectivity index (χ2n) is 9.68. The SMILES string of the molecule is [C-]#[N+]c1ccc2c(c1)n(CCCS(=O)(=O)[O-])c(/C=C/C=C1\N(CC)c3ccc(Cl)cc3N1CCCS(=O)(=O)[O-])[n+]2CC.[Na+]. The molecule has 0 aliphatic carbocycles. The number of fused-ring (bicyclic) bond motifs is 2. The van der Waals surface area contributed by atoms with Crippen molar-refractivity contribution in [2.45, 2.75) is 39.8 Å². The molecule has 0 unspecified atom stereocenters. The van der Waals surface area contributed by atoms with E-state index >= 15 is 0 Å². The normalized spacial score (nSPS) is 14.5. The van der Waals surface area contributed by atoms with Gasteiger partial charge in [0.25, 0.3) is 5.82 Å². The molecule has 43 heavy (non-hydrogen) atoms. The van der Waals surface area contributed by atoms with Crippen molar-refractivity contribution in [1.29, 1.82) is 0 Å². The zero-order valence-electron chi connectivity index (χ0n) is 24.2. The number of halogens is 1. The fourth-order valence-corrected chi connectivity index (χ4v) is 6.40. The first-order valence-electron chi connectivity index (χ1n) is 13.4. The Balaban J connectivity index is 0.00000506. The molecule has 1 aromatic heterocycles. The molecule has 0 radical (unpaired) electrons. The van der Waals surface area contributed by atoms with Crippen molar-refractivity contribution >= 4 is 66.0 Å². The van der Waals surface area contributed by atoms with Crippen molar-refractivity contribution in [3.63, 3.8) is 0 Å². The minimum absolute atomic E-state index is 0. The van der Waals surface area contributed by atoms with Crippen LogP contribution in [-0.4, -0.2) is 55.1 Å². The third kappa shape index (κ3) is 8.40. The zero-order valence-corrected chi connectivity index (χ0v) is 28.6. The molecule has 0 N–H and O–H groups in total. The van der Waals surface area contributed by atoms with Gasteiger partial charge in [-0.15, -0.1) is 0 Å². The van der Waals surface area contributed by atoms with Gasteiger partial charge in [-0.2, -0.15) is 0 Å². The summed E-state index contributed by atoms with van der Waals surface area (Å²) < 4.78 is 71.6. The molecular formula is C28H31ClN5NaO6S2. The van der Waals surface area contributed by atoms with E-state index in [1.807, 2.05) is 58.2 Å². The van der Waals surface area contributed by atoms with Crippen LogP contribution >= 0.6 is 11.6 Å². The molecule has 0 amide bonds. The molecule has 2 aromatic carbocycles. The fraction of sp³-hybridized carbons (Fsp3) is 0.357. The molecule has 0 fully saturated rings. The topological polar surface area (TPSA) is 134 Å². The minimum atomic E-state index is -4.39. The Kier molecular flexibility index (Phi) is 11.9. The van der Waals surface area contributed by atoms with Gasteiger partial charge in [0.05, 0.1) is 51.3 Å². The van der Waals surface area contributed by atoms with E-state index in [1.54, 1.807) is 24.3 Å². The number of imidazole rings is 1. The maximum Gasteiger partial charge on any atom is 1.00 e. The number of rotatable bonds is 12. The molecule has 0 atom stereocenters. The summed E-state index contributed by atoms with van der Waals surface area (Å²) in [6.07, 6.45) is 5.85. The molecule has 1 aliphatic heterocycles. The van der Waals surface area contributed by atoms with Crippen LogP contribution in [0.5, 0.6) is 0 Å². The summed E-state index contributed by atoms with van der Waals surface area (Å²) in [4.78, 5) is 7.53. The Bertz CT molecular complexity index is 1820. The average molecular weight is 656 g/mol. The zero-order chi connectivity index (χ0) is 30.7. The largest absolute Gasteiger partial charge is 1.00 e. The summed E-state index contributed by atoms with van der Waals surface area (Å²) in [6, 6.07) is 10.8. The van der Waals surface area contributed by atoms with Crippen molar-refractivity contribution in [3.05, 3.63) is 76.6 Å². The van der Waals surface area contributed by atoms with Crippen LogP contribution in [0, 0.1) is 6.57 Å². The molecule has 224 valence electrons. The monoisotopic (exact) mass is 655 g/mol. The number of anilines is 2. The first kappa shape index (κ1) is 35.1. The predicted octanol–water partition coefficient (Wildman–Crippen LogP) is 1.23. The van der Waals surface area contributed by atoms with Gasteiger partial charge in [-0.25, -0.2) is 30.8 Å². The van der Waals surface area contributed by atoms with Crippen molar-refractivity contribution in [3.8, 4) is 0 Å². The van der Waals surface area contributed by atoms with Crippen LogP contribution in [0.1, 0.15) is 32.5 Å². The van der Waals surface area contributed by atoms with E-state index in [0.717, 1.165) is 34.1 Å². The standard InChI is InChI=1S/C28H32ClN5O6S2.Na/c1-4-31-23-13-11-21(29)19-25(23)33(15-7-17-41(35,36)37)27(31)9-6-10-28-32(5-2)24-14-12-22(30-3)20-26(24)34(28)16-8-18-42(38,39)40;/h6,9-14,19-20H,4-5,7-8,15-18H2,1-2H3,(H-,35,36,37,38,39,40);/q;+1/p-1. The van der Waals surface area contributed by atoms with Gasteiger partial charge < -0.3 is 18.9 Å². The van der Waals surface area contributed by atoms with Gasteiger partial charge >= 0.3 is 29.6 Å². The van der Waals surface area contributed by atoms with Crippen LogP contribution in [0.25, 0.3) is 22.0 Å². The summed E-state index contributed by atoms with van der Waals surface area (Å²) in [5.41, 5.74) is 3.75. The Labute approximate surface area is 279 Å². The van der Waals surface area contributed by atoms with Gasteiger partial charge in [-0.05, 0) is 63.1 Å². The van der Waals surface area contributed by atoms with Crippen LogP contribution in [0.3, 0.4) is 0 Å². The second-order valence-corrected chi connectivity index (χ2v) is 13.2. The Hall–Kier alpha value is -2.41. The van der Waals surface area contributed by atoms with Crippen LogP contribution in [0.2, 0.25) is 5.02 Å². The number of hydrogen-bond donors (Lipinski definition) is 0. The number of nitrogens with zero attached hydrogens (tertiary/aromatic N) is 5. The fourth-order valence-electron chi connectivity index (χ4n) is 5.27. The third-order valence-electron chi connectivity index (χ3n) is 6.97. The molecule has 3 aromatic rings. The summed E-state index contributed by atoms with van der Waals surface area (Å²) in [5, 5.41) is 0.524. The number of hydrogen-bond acceptors (Lipinski definition) is 8. The smallest absolute Gasteiger partial charge is 0.748 e. The summed E-state index contributed by atoms with van der Waals surface area (Å²) in [5.74, 6) is 0.527. The van der Waals surface area contributed by atoms with Gasteiger partial charge in [0.2, 0.25) is 0 Å². The molecule has 0 saturated heterocycles. The van der Waals surface area contributed by atoms with E-state index in [4.69, 9.17) is 18.2 Å². The van der Waals surface area contributed by atoms with E-state index in [1.165, 1.54) is 0 Å². The number of aromatic nitrogens is 2. The van der Waals surface area contributed by atoms with Gasteiger partial charge in [-0.1, -0.05) is 23.7 Å². The number of benzene rings is 2. The molecule has 0 spiro atoms. The van der Waals surface area contributed by atoms with Gasteiger partial charge in [0.1, 0.15) is 5.82 Å². The molecule has 0 saturated carbocycles. The van der Waals surface area contributed by atoms with E-state index in [-0.39, 0.29) is 55.5 Å². The Morgan fingerprint density at radius 1 is 0.953 bits per heavy atom. The molecular weight excluding hydrogens is 625 g/mol. The molecule has 11 nitrogen and oxygen atoms in total. The summed E-state index contributed by atoms with van der Waals surface area (Å²) in [7, 11) is -8.75. The van der Waals surface area contributed by atoms with E-state index < -0.39 is 31.7 Å². The molecule has 2 heterocycles. The van der Waals surface area contributed by atoms with Crippen molar-refractivity contribution < 1.29 is 60.1 Å².